The molecular formula is C22H41NO2S. The van der Waals surface area contributed by atoms with Gasteiger partial charge in [-0.05, 0) is 37.9 Å². The Bertz CT molecular complexity index is 370. The zero-order chi connectivity index (χ0) is 19.0. The Balaban J connectivity index is 2.10. The van der Waals surface area contributed by atoms with E-state index in [1.54, 1.807) is 0 Å². The fourth-order valence-corrected chi connectivity index (χ4v) is 4.94. The van der Waals surface area contributed by atoms with Crippen molar-refractivity contribution in [2.24, 2.45) is 0 Å². The highest BCUT2D eigenvalue weighted by molar-refractivity contribution is 7.99. The summed E-state index contributed by atoms with van der Waals surface area (Å²) in [5, 5.41) is 0.835. The Kier molecular flexibility index (Phi) is 14.1. The zero-order valence-corrected chi connectivity index (χ0v) is 18.1. The summed E-state index contributed by atoms with van der Waals surface area (Å²) in [6.07, 6.45) is 17.4. The van der Waals surface area contributed by atoms with Crippen molar-refractivity contribution in [3.05, 3.63) is 0 Å². The van der Waals surface area contributed by atoms with Crippen LogP contribution in [0.5, 0.6) is 0 Å². The molecule has 0 aromatic rings. The van der Waals surface area contributed by atoms with Crippen molar-refractivity contribution in [1.29, 1.82) is 0 Å². The molecule has 4 heteroatoms. The number of imide groups is 1. The fourth-order valence-electron chi connectivity index (χ4n) is 3.57. The van der Waals surface area contributed by atoms with Gasteiger partial charge in [0.05, 0.1) is 0 Å². The lowest BCUT2D eigenvalue weighted by Crippen LogP contribution is -2.40. The van der Waals surface area contributed by atoms with E-state index < -0.39 is 0 Å². The minimum atomic E-state index is 0.0401. The van der Waals surface area contributed by atoms with Gasteiger partial charge < -0.3 is 0 Å². The van der Waals surface area contributed by atoms with Crippen LogP contribution in [0, 0.1) is 0 Å². The Morgan fingerprint density at radius 2 is 1.42 bits per heavy atom. The van der Waals surface area contributed by atoms with Gasteiger partial charge in [-0.1, -0.05) is 65.2 Å². The molecule has 1 aliphatic rings. The van der Waals surface area contributed by atoms with Gasteiger partial charge in [0.1, 0.15) is 0 Å². The van der Waals surface area contributed by atoms with E-state index >= 15 is 0 Å². The SMILES string of the molecule is CCCCCCCC(CCCC)SCCCCCN1C(=O)CCCC1=O. The van der Waals surface area contributed by atoms with Crippen LogP contribution in [0.3, 0.4) is 0 Å². The first-order chi connectivity index (χ1) is 12.7. The molecule has 0 radical (unpaired) electrons. The number of nitrogens with zero attached hydrogens (tertiary/aromatic N) is 1. The standard InChI is InChI=1S/C22H41NO2S/c1-3-5-7-8-10-15-20(14-6-4-2)26-19-12-9-11-18-23-21(24)16-13-17-22(23)25/h20H,3-19H2,1-2H3. The van der Waals surface area contributed by atoms with Crippen molar-refractivity contribution < 1.29 is 9.59 Å². The monoisotopic (exact) mass is 383 g/mol. The average Bonchev–Trinajstić information content (AvgIpc) is 2.63. The molecule has 1 atom stereocenters. The zero-order valence-electron chi connectivity index (χ0n) is 17.3. The molecule has 1 saturated heterocycles. The second-order valence-corrected chi connectivity index (χ2v) is 9.10. The summed E-state index contributed by atoms with van der Waals surface area (Å²) in [6.45, 7) is 5.20. The van der Waals surface area contributed by atoms with Crippen molar-refractivity contribution in [1.82, 2.24) is 4.90 Å². The molecule has 0 bridgehead atoms. The van der Waals surface area contributed by atoms with Gasteiger partial charge in [-0.15, -0.1) is 0 Å². The Labute approximate surface area is 166 Å². The van der Waals surface area contributed by atoms with E-state index in [4.69, 9.17) is 0 Å². The number of rotatable bonds is 16. The molecule has 0 aliphatic carbocycles. The average molecular weight is 384 g/mol. The van der Waals surface area contributed by atoms with Gasteiger partial charge in [-0.2, -0.15) is 11.8 Å². The van der Waals surface area contributed by atoms with E-state index in [1.165, 1.54) is 74.9 Å². The highest BCUT2D eigenvalue weighted by Crippen LogP contribution is 2.25. The fraction of sp³-hybridized carbons (Fsp3) is 0.909. The molecule has 26 heavy (non-hydrogen) atoms. The van der Waals surface area contributed by atoms with Crippen molar-refractivity contribution >= 4 is 23.6 Å². The molecule has 1 fully saturated rings. The number of carbonyl (C=O) groups excluding carboxylic acids is 2. The molecule has 0 aromatic heterocycles. The van der Waals surface area contributed by atoms with Gasteiger partial charge in [0.15, 0.2) is 0 Å². The highest BCUT2D eigenvalue weighted by atomic mass is 32.2. The van der Waals surface area contributed by atoms with Crippen molar-refractivity contribution in [2.75, 3.05) is 12.3 Å². The van der Waals surface area contributed by atoms with Gasteiger partial charge in [-0.25, -0.2) is 0 Å². The van der Waals surface area contributed by atoms with Crippen molar-refractivity contribution in [3.63, 3.8) is 0 Å². The number of unbranched alkanes of at least 4 members (excludes halogenated alkanes) is 7. The predicted molar refractivity (Wildman–Crippen MR) is 114 cm³/mol. The topological polar surface area (TPSA) is 37.4 Å². The smallest absolute Gasteiger partial charge is 0.229 e. The minimum Gasteiger partial charge on any atom is -0.283 e. The molecule has 0 spiro atoms. The summed E-state index contributed by atoms with van der Waals surface area (Å²) in [5.74, 6) is 1.31. The first-order valence-corrected chi connectivity index (χ1v) is 12.2. The lowest BCUT2D eigenvalue weighted by molar-refractivity contribution is -0.147. The van der Waals surface area contributed by atoms with Crippen LogP contribution in [0.4, 0.5) is 0 Å². The number of amides is 2. The molecule has 2 amide bonds. The predicted octanol–water partition coefficient (Wildman–Crippen LogP) is 6.35. The van der Waals surface area contributed by atoms with Crippen LogP contribution in [0.15, 0.2) is 0 Å². The molecule has 0 N–H and O–H groups in total. The van der Waals surface area contributed by atoms with Crippen LogP contribution in [-0.2, 0) is 9.59 Å². The lowest BCUT2D eigenvalue weighted by Gasteiger charge is -2.24. The molecule has 1 aliphatic heterocycles. The summed E-state index contributed by atoms with van der Waals surface area (Å²) in [7, 11) is 0. The van der Waals surface area contributed by atoms with Gasteiger partial charge >= 0.3 is 0 Å². The summed E-state index contributed by atoms with van der Waals surface area (Å²) in [6, 6.07) is 0. The van der Waals surface area contributed by atoms with Crippen LogP contribution in [0.1, 0.15) is 110 Å². The van der Waals surface area contributed by atoms with Gasteiger partial charge in [-0.3, -0.25) is 14.5 Å². The van der Waals surface area contributed by atoms with E-state index in [0.29, 0.717) is 19.4 Å². The second-order valence-electron chi connectivity index (χ2n) is 7.69. The third-order valence-corrected chi connectivity index (χ3v) is 6.74. The Morgan fingerprint density at radius 1 is 0.808 bits per heavy atom. The molecule has 1 unspecified atom stereocenters. The number of hydrogen-bond donors (Lipinski definition) is 0. The lowest BCUT2D eigenvalue weighted by atomic mass is 10.1. The summed E-state index contributed by atoms with van der Waals surface area (Å²) in [5.41, 5.74) is 0. The van der Waals surface area contributed by atoms with Crippen LogP contribution in [0.25, 0.3) is 0 Å². The van der Waals surface area contributed by atoms with E-state index in [9.17, 15) is 9.59 Å². The molecule has 0 saturated carbocycles. The quantitative estimate of drug-likeness (QED) is 0.230. The number of thioether (sulfide) groups is 1. The van der Waals surface area contributed by atoms with Crippen molar-refractivity contribution in [3.8, 4) is 0 Å². The summed E-state index contributed by atoms with van der Waals surface area (Å²) in [4.78, 5) is 25.1. The largest absolute Gasteiger partial charge is 0.283 e. The molecule has 152 valence electrons. The summed E-state index contributed by atoms with van der Waals surface area (Å²) >= 11 is 2.16. The first-order valence-electron chi connectivity index (χ1n) is 11.1. The van der Waals surface area contributed by atoms with Crippen LogP contribution < -0.4 is 0 Å². The normalized spacial score (nSPS) is 16.3. The minimum absolute atomic E-state index is 0.0401. The molecule has 3 nitrogen and oxygen atoms in total. The van der Waals surface area contributed by atoms with Gasteiger partial charge in [0, 0.05) is 24.6 Å². The molecule has 1 rings (SSSR count). The van der Waals surface area contributed by atoms with E-state index in [-0.39, 0.29) is 11.8 Å². The maximum atomic E-state index is 11.8. The van der Waals surface area contributed by atoms with E-state index in [1.807, 2.05) is 0 Å². The first kappa shape index (κ1) is 23.5. The number of carbonyl (C=O) groups is 2. The van der Waals surface area contributed by atoms with Crippen molar-refractivity contribution in [2.45, 2.75) is 115 Å². The maximum absolute atomic E-state index is 11.8. The molecule has 0 aromatic carbocycles. The highest BCUT2D eigenvalue weighted by Gasteiger charge is 2.24. The third kappa shape index (κ3) is 10.6. The number of likely N-dealkylation sites (tertiary alicyclic amines) is 1. The summed E-state index contributed by atoms with van der Waals surface area (Å²) < 4.78 is 0. The van der Waals surface area contributed by atoms with Crippen LogP contribution in [-0.4, -0.2) is 34.3 Å². The van der Waals surface area contributed by atoms with Crippen LogP contribution in [0.2, 0.25) is 0 Å². The molecular weight excluding hydrogens is 342 g/mol. The molecule has 1 heterocycles. The van der Waals surface area contributed by atoms with Crippen LogP contribution >= 0.6 is 11.8 Å². The Hall–Kier alpha value is -0.510. The van der Waals surface area contributed by atoms with Gasteiger partial charge in [0.25, 0.3) is 0 Å². The second kappa shape index (κ2) is 15.5. The van der Waals surface area contributed by atoms with Gasteiger partial charge in [0.2, 0.25) is 11.8 Å². The maximum Gasteiger partial charge on any atom is 0.229 e. The third-order valence-electron chi connectivity index (χ3n) is 5.27. The number of piperidine rings is 1. The van der Waals surface area contributed by atoms with E-state index in [2.05, 4.69) is 25.6 Å². The number of hydrogen-bond acceptors (Lipinski definition) is 3. The van der Waals surface area contributed by atoms with E-state index in [0.717, 1.165) is 24.5 Å². The Morgan fingerprint density at radius 3 is 2.12 bits per heavy atom.